The zero-order valence-corrected chi connectivity index (χ0v) is 29.1. The Hall–Kier alpha value is -2.42. The van der Waals surface area contributed by atoms with E-state index in [2.05, 4.69) is 38.8 Å². The average Bonchev–Trinajstić information content (AvgIpc) is 2.97. The number of pyridine rings is 1. The second-order valence-electron chi connectivity index (χ2n) is 12.2. The summed E-state index contributed by atoms with van der Waals surface area (Å²) < 4.78 is 33.9. The van der Waals surface area contributed by atoms with Crippen molar-refractivity contribution < 1.29 is 18.6 Å². The van der Waals surface area contributed by atoms with Crippen LogP contribution in [0.25, 0.3) is 0 Å². The molecular weight excluding hydrogens is 743 g/mol. The monoisotopic (exact) mass is 783 g/mol. The fraction of sp³-hybridized carbons (Fsp3) is 0.531. The molecule has 2 aliphatic heterocycles. The predicted molar refractivity (Wildman–Crippen MR) is 164 cm³/mol. The maximum atomic E-state index is 13.8. The minimum absolute atomic E-state index is 0.183. The summed E-state index contributed by atoms with van der Waals surface area (Å²) in [5, 5.41) is 0. The van der Waals surface area contributed by atoms with Gasteiger partial charge in [-0.25, -0.2) is 14.4 Å². The van der Waals surface area contributed by atoms with Gasteiger partial charge in [0.25, 0.3) is 0 Å². The molecule has 1 unspecified atom stereocenters. The normalized spacial score (nSPS) is 19.7. The Morgan fingerprint density at radius 1 is 1.12 bits per heavy atom. The fourth-order valence-electron chi connectivity index (χ4n) is 6.57. The van der Waals surface area contributed by atoms with Gasteiger partial charge in [0, 0.05) is 0 Å². The quantitative estimate of drug-likeness (QED) is 0.200. The number of hydrogen-bond donors (Lipinski definition) is 0. The molecule has 3 radical (unpaired) electrons. The van der Waals surface area contributed by atoms with E-state index >= 15 is 0 Å². The van der Waals surface area contributed by atoms with Gasteiger partial charge in [-0.1, -0.05) is 6.92 Å². The van der Waals surface area contributed by atoms with E-state index in [0.29, 0.717) is 31.1 Å². The van der Waals surface area contributed by atoms with E-state index in [0.717, 1.165) is 98.1 Å². The van der Waals surface area contributed by atoms with Crippen molar-refractivity contribution in [3.63, 3.8) is 0 Å². The molecule has 0 bridgehead atoms. The molecule has 1 saturated carbocycles. The molecule has 1 atom stereocenters. The number of aryl methyl sites for hydroxylation is 1. The zero-order valence-electron chi connectivity index (χ0n) is 25.3. The van der Waals surface area contributed by atoms with Gasteiger partial charge >= 0.3 is 184 Å². The van der Waals surface area contributed by atoms with Gasteiger partial charge in [0.15, 0.2) is 5.75 Å². The van der Waals surface area contributed by atoms with E-state index in [4.69, 9.17) is 19.2 Å². The first-order chi connectivity index (χ1) is 20.9. The molecule has 4 heterocycles. The van der Waals surface area contributed by atoms with Crippen LogP contribution in [0.3, 0.4) is 0 Å². The number of anilines is 1. The third kappa shape index (κ3) is 6.67. The molecule has 2 fully saturated rings. The molecule has 0 N–H and O–H groups in total. The van der Waals surface area contributed by atoms with Crippen molar-refractivity contribution in [2.75, 3.05) is 62.5 Å². The summed E-state index contributed by atoms with van der Waals surface area (Å²) in [6, 6.07) is 6.85. The molecular formula is C32H40FN6O3Pb. The van der Waals surface area contributed by atoms with Crippen molar-refractivity contribution >= 4 is 31.6 Å². The molecule has 3 aromatic rings. The third-order valence-electron chi connectivity index (χ3n) is 8.85. The predicted octanol–water partition coefficient (Wildman–Crippen LogP) is 4.02. The Bertz CT molecular complexity index is 1410. The van der Waals surface area contributed by atoms with Crippen LogP contribution in [0.5, 0.6) is 17.2 Å². The SMILES string of the molecule is CCc1cc(F)ccc1Oc1cncnc1N1CC2(CC(Oc3ccnc4c3C(COCCN(C)C)N([CH2][Pb])CC4)C2)C1. The summed E-state index contributed by atoms with van der Waals surface area (Å²) in [4.78, 5) is 20.4. The van der Waals surface area contributed by atoms with Crippen LogP contribution in [0, 0.1) is 11.2 Å². The van der Waals surface area contributed by atoms with Crippen LogP contribution in [0.15, 0.2) is 43.0 Å². The number of nitrogens with zero attached hydrogens (tertiary/aromatic N) is 6. The summed E-state index contributed by atoms with van der Waals surface area (Å²) >= 11 is 1.12. The van der Waals surface area contributed by atoms with E-state index in [-0.39, 0.29) is 23.4 Å². The second-order valence-corrected chi connectivity index (χ2v) is 13.4. The number of fused-ring (bicyclic) bond motifs is 1. The Morgan fingerprint density at radius 3 is 2.72 bits per heavy atom. The molecule has 1 saturated heterocycles. The number of benzene rings is 1. The van der Waals surface area contributed by atoms with Gasteiger partial charge in [-0.2, -0.15) is 0 Å². The van der Waals surface area contributed by atoms with Gasteiger partial charge in [-0.05, 0) is 30.2 Å². The summed E-state index contributed by atoms with van der Waals surface area (Å²) in [5.74, 6) is 2.72. The Labute approximate surface area is 269 Å². The standard InChI is InChI=1S/C32H40FN6O3.Pb/c1-5-22-14-23(33)6-7-27(22)42-29-17-34-21-36-31(29)39-19-32(20-39)15-24(16-32)41-28-8-10-35-25-9-11-38(4)26(30(25)28)18-40-13-12-37(2)3;/h6-8,10,14,17,21,24,26H,4-5,9,11-13,15-16,18-20H2,1-3H3;. The van der Waals surface area contributed by atoms with Crippen molar-refractivity contribution in [2.45, 2.75) is 44.8 Å². The summed E-state index contributed by atoms with van der Waals surface area (Å²) in [6.45, 7) is 7.09. The number of halogens is 1. The maximum absolute atomic E-state index is 13.8. The van der Waals surface area contributed by atoms with Crippen molar-refractivity contribution in [2.24, 2.45) is 5.41 Å². The Balaban J connectivity index is 1.09. The molecule has 3 aliphatic rings. The van der Waals surface area contributed by atoms with Crippen molar-refractivity contribution in [3.8, 4) is 17.2 Å². The summed E-state index contributed by atoms with van der Waals surface area (Å²) in [5.41, 5.74) is 3.41. The first kappa shape index (κ1) is 30.6. The fourth-order valence-corrected chi connectivity index (χ4v) is 8.04. The molecule has 227 valence electrons. The van der Waals surface area contributed by atoms with Gasteiger partial charge in [0.2, 0.25) is 0 Å². The van der Waals surface area contributed by atoms with Crippen LogP contribution in [0.2, 0.25) is 0 Å². The van der Waals surface area contributed by atoms with Crippen molar-refractivity contribution in [1.29, 1.82) is 0 Å². The van der Waals surface area contributed by atoms with E-state index in [9.17, 15) is 4.39 Å². The molecule has 43 heavy (non-hydrogen) atoms. The van der Waals surface area contributed by atoms with Gasteiger partial charge in [0.1, 0.15) is 17.9 Å². The van der Waals surface area contributed by atoms with Crippen LogP contribution < -0.4 is 14.4 Å². The topological polar surface area (TPSA) is 76.1 Å². The van der Waals surface area contributed by atoms with E-state index in [1.807, 2.05) is 19.2 Å². The van der Waals surface area contributed by atoms with Crippen LogP contribution in [-0.4, -0.2) is 114 Å². The molecule has 2 aromatic heterocycles. The Morgan fingerprint density at radius 2 is 1.95 bits per heavy atom. The molecule has 1 aliphatic carbocycles. The van der Waals surface area contributed by atoms with Gasteiger partial charge in [-0.3, -0.25) is 0 Å². The summed E-state index contributed by atoms with van der Waals surface area (Å²) in [7, 11) is 4.14. The van der Waals surface area contributed by atoms with Gasteiger partial charge < -0.3 is 4.74 Å². The number of likely N-dealkylation sites (N-methyl/N-ethyl adjacent to an activating group) is 1. The van der Waals surface area contributed by atoms with Crippen LogP contribution >= 0.6 is 0 Å². The number of rotatable bonds is 12. The molecule has 11 heteroatoms. The zero-order chi connectivity index (χ0) is 30.0. The first-order valence-electron chi connectivity index (χ1n) is 15.1. The molecule has 6 rings (SSSR count). The Kier molecular flexibility index (Phi) is 9.46. The molecule has 9 nitrogen and oxygen atoms in total. The summed E-state index contributed by atoms with van der Waals surface area (Å²) in [6.07, 6.45) is 8.97. The number of ether oxygens (including phenoxy) is 3. The van der Waals surface area contributed by atoms with E-state index in [1.165, 1.54) is 17.7 Å². The third-order valence-corrected chi connectivity index (χ3v) is 10.4. The molecule has 1 aromatic carbocycles. The minimum atomic E-state index is -0.263. The van der Waals surface area contributed by atoms with Crippen LogP contribution in [0.4, 0.5) is 10.2 Å². The van der Waals surface area contributed by atoms with Crippen molar-refractivity contribution in [1.82, 2.24) is 24.8 Å². The second kappa shape index (κ2) is 13.3. The first-order valence-corrected chi connectivity index (χ1v) is 17.9. The number of hydrogen-bond acceptors (Lipinski definition) is 9. The molecule has 0 amide bonds. The molecule has 1 spiro atoms. The van der Waals surface area contributed by atoms with Gasteiger partial charge in [-0.15, -0.1) is 0 Å². The van der Waals surface area contributed by atoms with Crippen LogP contribution in [-0.2, 0) is 17.6 Å². The van der Waals surface area contributed by atoms with Crippen LogP contribution in [0.1, 0.15) is 42.6 Å². The van der Waals surface area contributed by atoms with Gasteiger partial charge in [0.05, 0.1) is 6.20 Å². The van der Waals surface area contributed by atoms with E-state index in [1.54, 1.807) is 18.6 Å². The van der Waals surface area contributed by atoms with Crippen molar-refractivity contribution in [3.05, 3.63) is 65.6 Å². The number of aromatic nitrogens is 3. The van der Waals surface area contributed by atoms with E-state index < -0.39 is 0 Å². The average molecular weight is 783 g/mol.